The number of fused-ring (bicyclic) bond motifs is 1. The molecule has 3 rings (SSSR count). The molecule has 1 heterocycles. The lowest BCUT2D eigenvalue weighted by atomic mass is 9.90. The minimum absolute atomic E-state index is 0.109. The summed E-state index contributed by atoms with van der Waals surface area (Å²) in [5.41, 5.74) is 6.93. The first-order valence-electron chi connectivity index (χ1n) is 8.59. The molecule has 0 fully saturated rings. The molecule has 1 unspecified atom stereocenters. The number of amides is 2. The Kier molecular flexibility index (Phi) is 5.51. The summed E-state index contributed by atoms with van der Waals surface area (Å²) in [6.45, 7) is 1.70. The molecule has 0 saturated carbocycles. The number of H-pyrrole nitrogens is 1. The normalized spacial score (nSPS) is 15.7. The summed E-state index contributed by atoms with van der Waals surface area (Å²) in [5.74, 6) is -0.542. The second-order valence-electron chi connectivity index (χ2n) is 6.52. The largest absolute Gasteiger partial charge is 0.484 e. The maximum atomic E-state index is 12.3. The van der Waals surface area contributed by atoms with E-state index >= 15 is 0 Å². The van der Waals surface area contributed by atoms with Crippen LogP contribution in [0.2, 0.25) is 5.02 Å². The van der Waals surface area contributed by atoms with E-state index in [0.717, 1.165) is 17.7 Å². The van der Waals surface area contributed by atoms with E-state index < -0.39 is 11.5 Å². The number of nitrogens with two attached hydrogens (primary N) is 1. The Hall–Kier alpha value is -2.80. The van der Waals surface area contributed by atoms with Gasteiger partial charge >= 0.3 is 0 Å². The van der Waals surface area contributed by atoms with Crippen molar-refractivity contribution in [2.75, 3.05) is 6.61 Å². The molecular weight excluding hydrogens is 370 g/mol. The molecule has 8 heteroatoms. The Morgan fingerprint density at radius 1 is 1.37 bits per heavy atom. The summed E-state index contributed by atoms with van der Waals surface area (Å²) in [4.78, 5) is 38.3. The average molecular weight is 390 g/mol. The average Bonchev–Trinajstić information content (AvgIpc) is 2.62. The zero-order valence-corrected chi connectivity index (χ0v) is 15.6. The summed E-state index contributed by atoms with van der Waals surface area (Å²) in [6.07, 6.45) is 2.18. The van der Waals surface area contributed by atoms with E-state index in [1.807, 2.05) is 6.92 Å². The molecule has 4 N–H and O–H groups in total. The Labute approximate surface area is 160 Å². The summed E-state index contributed by atoms with van der Waals surface area (Å²) >= 11 is 5.97. The van der Waals surface area contributed by atoms with Gasteiger partial charge in [-0.1, -0.05) is 11.6 Å². The number of ether oxygens (including phenoxy) is 1. The Balaban J connectivity index is 1.70. The summed E-state index contributed by atoms with van der Waals surface area (Å²) in [6, 6.07) is 6.33. The number of rotatable bonds is 5. The van der Waals surface area contributed by atoms with Crippen molar-refractivity contribution in [3.8, 4) is 5.75 Å². The van der Waals surface area contributed by atoms with Crippen LogP contribution < -0.4 is 21.3 Å². The summed E-state index contributed by atoms with van der Waals surface area (Å²) in [7, 11) is 0. The van der Waals surface area contributed by atoms with Gasteiger partial charge in [-0.15, -0.1) is 0 Å². The van der Waals surface area contributed by atoms with Crippen LogP contribution in [0.1, 0.15) is 46.1 Å². The number of benzene rings is 1. The van der Waals surface area contributed by atoms with Gasteiger partial charge in [0.15, 0.2) is 6.61 Å². The Bertz CT molecular complexity index is 954. The highest BCUT2D eigenvalue weighted by Crippen LogP contribution is 2.28. The van der Waals surface area contributed by atoms with Gasteiger partial charge in [0.05, 0.1) is 6.04 Å². The lowest BCUT2D eigenvalue weighted by Crippen LogP contribution is -2.36. The standard InChI is InChI=1S/C19H20ClN3O4/c1-10-7-11(5-6-14(10)20)27-9-17(24)22-15-3-2-4-16-12(15)8-13(18(21)25)19(26)23-16/h5-8,15H,2-4,9H2,1H3,(H2,21,25)(H,22,24)(H,23,26). The predicted molar refractivity (Wildman–Crippen MR) is 101 cm³/mol. The van der Waals surface area contributed by atoms with E-state index in [0.29, 0.717) is 29.2 Å². The van der Waals surface area contributed by atoms with Gasteiger partial charge in [-0.3, -0.25) is 14.4 Å². The zero-order valence-electron chi connectivity index (χ0n) is 14.8. The van der Waals surface area contributed by atoms with E-state index in [9.17, 15) is 14.4 Å². The summed E-state index contributed by atoms with van der Waals surface area (Å²) < 4.78 is 5.51. The third kappa shape index (κ3) is 4.31. The van der Waals surface area contributed by atoms with E-state index in [1.54, 1.807) is 18.2 Å². The first kappa shape index (κ1) is 19.0. The number of aryl methyl sites for hydroxylation is 2. The van der Waals surface area contributed by atoms with E-state index in [-0.39, 0.29) is 24.1 Å². The maximum absolute atomic E-state index is 12.3. The number of aromatic amines is 1. The minimum Gasteiger partial charge on any atom is -0.484 e. The van der Waals surface area contributed by atoms with Gasteiger partial charge in [-0.2, -0.15) is 0 Å². The van der Waals surface area contributed by atoms with E-state index in [4.69, 9.17) is 22.1 Å². The Morgan fingerprint density at radius 3 is 2.85 bits per heavy atom. The van der Waals surface area contributed by atoms with Crippen LogP contribution in [0, 0.1) is 6.92 Å². The SMILES string of the molecule is Cc1cc(OCC(=O)NC2CCCc3[nH]c(=O)c(C(N)=O)cc32)ccc1Cl. The van der Waals surface area contributed by atoms with Crippen LogP contribution in [0.25, 0.3) is 0 Å². The van der Waals surface area contributed by atoms with Gasteiger partial charge in [0.25, 0.3) is 17.4 Å². The highest BCUT2D eigenvalue weighted by Gasteiger charge is 2.25. The smallest absolute Gasteiger partial charge is 0.261 e. The molecule has 1 aliphatic rings. The number of hydrogen-bond acceptors (Lipinski definition) is 4. The number of hydrogen-bond donors (Lipinski definition) is 3. The van der Waals surface area contributed by atoms with Crippen molar-refractivity contribution >= 4 is 23.4 Å². The van der Waals surface area contributed by atoms with Gasteiger partial charge in [0.2, 0.25) is 0 Å². The predicted octanol–water partition coefficient (Wildman–Crippen LogP) is 2.01. The number of nitrogens with one attached hydrogen (secondary N) is 2. The van der Waals surface area contributed by atoms with Gasteiger partial charge in [0.1, 0.15) is 11.3 Å². The van der Waals surface area contributed by atoms with Crippen molar-refractivity contribution in [1.29, 1.82) is 0 Å². The Morgan fingerprint density at radius 2 is 2.15 bits per heavy atom. The van der Waals surface area contributed by atoms with Crippen LogP contribution >= 0.6 is 11.6 Å². The monoisotopic (exact) mass is 389 g/mol. The van der Waals surface area contributed by atoms with Crippen LogP contribution in [0.15, 0.2) is 29.1 Å². The van der Waals surface area contributed by atoms with Crippen molar-refractivity contribution < 1.29 is 14.3 Å². The van der Waals surface area contributed by atoms with Crippen molar-refractivity contribution in [1.82, 2.24) is 10.3 Å². The second kappa shape index (κ2) is 7.84. The highest BCUT2D eigenvalue weighted by molar-refractivity contribution is 6.31. The molecule has 0 radical (unpaired) electrons. The van der Waals surface area contributed by atoms with Crippen molar-refractivity contribution in [3.63, 3.8) is 0 Å². The number of aromatic nitrogens is 1. The van der Waals surface area contributed by atoms with Crippen molar-refractivity contribution in [3.05, 3.63) is 62.0 Å². The fourth-order valence-corrected chi connectivity index (χ4v) is 3.28. The molecule has 0 aliphatic heterocycles. The fourth-order valence-electron chi connectivity index (χ4n) is 3.17. The number of halogens is 1. The third-order valence-electron chi connectivity index (χ3n) is 4.55. The molecule has 2 amide bonds. The second-order valence-corrected chi connectivity index (χ2v) is 6.93. The van der Waals surface area contributed by atoms with E-state index in [1.165, 1.54) is 6.07 Å². The van der Waals surface area contributed by atoms with Crippen molar-refractivity contribution in [2.24, 2.45) is 5.73 Å². The maximum Gasteiger partial charge on any atom is 0.261 e. The molecule has 0 bridgehead atoms. The van der Waals surface area contributed by atoms with Crippen LogP contribution in [0.5, 0.6) is 5.75 Å². The quantitative estimate of drug-likeness (QED) is 0.725. The fraction of sp³-hybridized carbons (Fsp3) is 0.316. The van der Waals surface area contributed by atoms with Crippen LogP contribution in [-0.2, 0) is 11.2 Å². The van der Waals surface area contributed by atoms with Crippen LogP contribution in [0.4, 0.5) is 0 Å². The number of pyridine rings is 1. The topological polar surface area (TPSA) is 114 Å². The van der Waals surface area contributed by atoms with Gasteiger partial charge in [-0.05, 0) is 61.6 Å². The lowest BCUT2D eigenvalue weighted by Gasteiger charge is -2.26. The van der Waals surface area contributed by atoms with Crippen LogP contribution in [-0.4, -0.2) is 23.4 Å². The number of carbonyl (C=O) groups is 2. The van der Waals surface area contributed by atoms with Gasteiger partial charge < -0.3 is 20.8 Å². The number of carbonyl (C=O) groups excluding carboxylic acids is 2. The lowest BCUT2D eigenvalue weighted by molar-refractivity contribution is -0.124. The molecule has 1 aromatic carbocycles. The van der Waals surface area contributed by atoms with E-state index in [2.05, 4.69) is 10.3 Å². The molecule has 2 aromatic rings. The first-order valence-corrected chi connectivity index (χ1v) is 8.97. The minimum atomic E-state index is -0.795. The third-order valence-corrected chi connectivity index (χ3v) is 4.98. The highest BCUT2D eigenvalue weighted by atomic mass is 35.5. The molecule has 0 saturated heterocycles. The number of primary amides is 1. The molecule has 1 aromatic heterocycles. The molecule has 1 aliphatic carbocycles. The molecule has 7 nitrogen and oxygen atoms in total. The molecular formula is C19H20ClN3O4. The zero-order chi connectivity index (χ0) is 19.6. The first-order chi connectivity index (χ1) is 12.8. The molecule has 142 valence electrons. The van der Waals surface area contributed by atoms with Crippen molar-refractivity contribution in [2.45, 2.75) is 32.2 Å². The van der Waals surface area contributed by atoms with Gasteiger partial charge in [0, 0.05) is 10.7 Å². The molecule has 1 atom stereocenters. The molecule has 27 heavy (non-hydrogen) atoms. The molecule has 0 spiro atoms. The van der Waals surface area contributed by atoms with Gasteiger partial charge in [-0.25, -0.2) is 0 Å². The summed E-state index contributed by atoms with van der Waals surface area (Å²) in [5, 5.41) is 3.52. The van der Waals surface area contributed by atoms with Crippen LogP contribution in [0.3, 0.4) is 0 Å².